The molecule has 0 unspecified atom stereocenters. The van der Waals surface area contributed by atoms with Crippen LogP contribution in [0.2, 0.25) is 0 Å². The van der Waals surface area contributed by atoms with Gasteiger partial charge < -0.3 is 0 Å². The first-order valence-electron chi connectivity index (χ1n) is 8.36. The molecule has 1 aromatic carbocycles. The molecule has 0 bridgehead atoms. The van der Waals surface area contributed by atoms with Gasteiger partial charge in [0.1, 0.15) is 0 Å². The number of halogens is 1. The second-order valence-electron chi connectivity index (χ2n) is 6.33. The van der Waals surface area contributed by atoms with Gasteiger partial charge in [0.25, 0.3) is 0 Å². The molecule has 0 saturated carbocycles. The SMILES string of the molecule is CC(C)=CCC/C(C)=C/CC/C(C)=C/C=C/c1ccc(Br)cc1. The first-order valence-corrected chi connectivity index (χ1v) is 9.15. The summed E-state index contributed by atoms with van der Waals surface area (Å²) in [5.74, 6) is 0. The average Bonchev–Trinajstić information content (AvgIpc) is 2.49. The molecule has 0 atom stereocenters. The summed E-state index contributed by atoms with van der Waals surface area (Å²) >= 11 is 3.45. The molecular formula is C22H29Br. The molecule has 1 heteroatoms. The van der Waals surface area contributed by atoms with Gasteiger partial charge in [0, 0.05) is 4.47 Å². The Morgan fingerprint density at radius 1 is 0.870 bits per heavy atom. The van der Waals surface area contributed by atoms with Crippen LogP contribution in [0.15, 0.2) is 69.8 Å². The summed E-state index contributed by atoms with van der Waals surface area (Å²) in [5, 5.41) is 0. The molecule has 0 aliphatic carbocycles. The van der Waals surface area contributed by atoms with Gasteiger partial charge in [0.15, 0.2) is 0 Å². The Kier molecular flexibility index (Phi) is 9.63. The molecule has 0 heterocycles. The van der Waals surface area contributed by atoms with E-state index in [9.17, 15) is 0 Å². The fourth-order valence-electron chi connectivity index (χ4n) is 2.22. The van der Waals surface area contributed by atoms with Crippen molar-refractivity contribution in [3.05, 3.63) is 75.3 Å². The van der Waals surface area contributed by atoms with Crippen LogP contribution < -0.4 is 0 Å². The van der Waals surface area contributed by atoms with Crippen molar-refractivity contribution in [1.29, 1.82) is 0 Å². The van der Waals surface area contributed by atoms with Gasteiger partial charge in [-0.15, -0.1) is 0 Å². The molecule has 0 saturated heterocycles. The van der Waals surface area contributed by atoms with Crippen molar-refractivity contribution in [3.63, 3.8) is 0 Å². The minimum Gasteiger partial charge on any atom is -0.0856 e. The Bertz CT molecular complexity index is 579. The van der Waals surface area contributed by atoms with Crippen molar-refractivity contribution < 1.29 is 0 Å². The van der Waals surface area contributed by atoms with E-state index in [0.29, 0.717) is 0 Å². The quantitative estimate of drug-likeness (QED) is 0.321. The van der Waals surface area contributed by atoms with Gasteiger partial charge in [-0.25, -0.2) is 0 Å². The number of benzene rings is 1. The topological polar surface area (TPSA) is 0 Å². The lowest BCUT2D eigenvalue weighted by Gasteiger charge is -2.00. The van der Waals surface area contributed by atoms with Crippen molar-refractivity contribution >= 4 is 22.0 Å². The standard InChI is InChI=1S/C22H29Br/c1-18(2)8-5-9-19(3)10-6-11-20(4)12-7-13-21-14-16-22(23)17-15-21/h7-8,10,12-17H,5-6,9,11H2,1-4H3/b13-7+,19-10+,20-12+. The summed E-state index contributed by atoms with van der Waals surface area (Å²) in [7, 11) is 0. The van der Waals surface area contributed by atoms with Crippen LogP contribution in [0.1, 0.15) is 58.9 Å². The first-order chi connectivity index (χ1) is 11.0. The van der Waals surface area contributed by atoms with E-state index < -0.39 is 0 Å². The summed E-state index contributed by atoms with van der Waals surface area (Å²) in [5.41, 5.74) is 5.56. The smallest absolute Gasteiger partial charge is 0.0175 e. The molecule has 1 rings (SSSR count). The van der Waals surface area contributed by atoms with Gasteiger partial charge >= 0.3 is 0 Å². The Labute approximate surface area is 150 Å². The molecule has 0 N–H and O–H groups in total. The number of allylic oxidation sites excluding steroid dienone is 7. The van der Waals surface area contributed by atoms with E-state index in [4.69, 9.17) is 0 Å². The van der Waals surface area contributed by atoms with Gasteiger partial charge in [0.05, 0.1) is 0 Å². The Balaban J connectivity index is 2.36. The van der Waals surface area contributed by atoms with Gasteiger partial charge in [0.2, 0.25) is 0 Å². The van der Waals surface area contributed by atoms with Gasteiger partial charge in [-0.1, -0.05) is 75.2 Å². The highest BCUT2D eigenvalue weighted by Gasteiger charge is 1.91. The Hall–Kier alpha value is -1.34. The largest absolute Gasteiger partial charge is 0.0856 e. The zero-order valence-electron chi connectivity index (χ0n) is 14.9. The zero-order valence-corrected chi connectivity index (χ0v) is 16.5. The second-order valence-corrected chi connectivity index (χ2v) is 7.25. The summed E-state index contributed by atoms with van der Waals surface area (Å²) in [6, 6.07) is 8.36. The highest BCUT2D eigenvalue weighted by molar-refractivity contribution is 9.10. The van der Waals surface area contributed by atoms with Crippen molar-refractivity contribution in [3.8, 4) is 0 Å². The van der Waals surface area contributed by atoms with Crippen molar-refractivity contribution in [1.82, 2.24) is 0 Å². The highest BCUT2D eigenvalue weighted by atomic mass is 79.9. The van der Waals surface area contributed by atoms with Gasteiger partial charge in [-0.05, 0) is 71.1 Å². The number of rotatable bonds is 8. The molecule has 0 radical (unpaired) electrons. The second kappa shape index (κ2) is 11.2. The maximum Gasteiger partial charge on any atom is 0.0175 e. The Morgan fingerprint density at radius 2 is 1.48 bits per heavy atom. The van der Waals surface area contributed by atoms with Gasteiger partial charge in [-0.3, -0.25) is 0 Å². The van der Waals surface area contributed by atoms with Crippen molar-refractivity contribution in [2.24, 2.45) is 0 Å². The molecule has 0 amide bonds. The lowest BCUT2D eigenvalue weighted by atomic mass is 10.1. The molecule has 0 spiro atoms. The van der Waals surface area contributed by atoms with Crippen LogP contribution in [0.3, 0.4) is 0 Å². The van der Waals surface area contributed by atoms with E-state index in [2.05, 4.69) is 98.3 Å². The summed E-state index contributed by atoms with van der Waals surface area (Å²) < 4.78 is 1.12. The third-order valence-electron chi connectivity index (χ3n) is 3.66. The lowest BCUT2D eigenvalue weighted by Crippen LogP contribution is -1.80. The maximum atomic E-state index is 3.45. The van der Waals surface area contributed by atoms with Crippen LogP contribution in [0.4, 0.5) is 0 Å². The van der Waals surface area contributed by atoms with E-state index in [-0.39, 0.29) is 0 Å². The fourth-order valence-corrected chi connectivity index (χ4v) is 2.48. The average molecular weight is 373 g/mol. The van der Waals surface area contributed by atoms with E-state index in [1.807, 2.05) is 0 Å². The van der Waals surface area contributed by atoms with E-state index in [1.54, 1.807) is 0 Å². The van der Waals surface area contributed by atoms with Gasteiger partial charge in [-0.2, -0.15) is 0 Å². The molecule has 0 fully saturated rings. The van der Waals surface area contributed by atoms with E-state index in [1.165, 1.54) is 28.7 Å². The molecule has 124 valence electrons. The van der Waals surface area contributed by atoms with Crippen LogP contribution in [0.25, 0.3) is 6.08 Å². The molecule has 1 aromatic rings. The molecule has 23 heavy (non-hydrogen) atoms. The third kappa shape index (κ3) is 10.1. The lowest BCUT2D eigenvalue weighted by molar-refractivity contribution is 0.918. The molecule has 0 aromatic heterocycles. The van der Waals surface area contributed by atoms with Crippen molar-refractivity contribution in [2.75, 3.05) is 0 Å². The fraction of sp³-hybridized carbons (Fsp3) is 0.364. The van der Waals surface area contributed by atoms with Crippen LogP contribution in [0.5, 0.6) is 0 Å². The molecular weight excluding hydrogens is 344 g/mol. The predicted octanol–water partition coefficient (Wildman–Crippen LogP) is 7.88. The number of hydrogen-bond donors (Lipinski definition) is 0. The van der Waals surface area contributed by atoms with Crippen LogP contribution in [-0.4, -0.2) is 0 Å². The van der Waals surface area contributed by atoms with E-state index >= 15 is 0 Å². The monoisotopic (exact) mass is 372 g/mol. The predicted molar refractivity (Wildman–Crippen MR) is 109 cm³/mol. The van der Waals surface area contributed by atoms with Crippen molar-refractivity contribution in [2.45, 2.75) is 53.4 Å². The minimum absolute atomic E-state index is 1.12. The first kappa shape index (κ1) is 19.7. The minimum atomic E-state index is 1.12. The number of hydrogen-bond acceptors (Lipinski definition) is 0. The van der Waals surface area contributed by atoms with E-state index in [0.717, 1.165) is 23.7 Å². The summed E-state index contributed by atoms with van der Waals surface area (Å²) in [6.07, 6.45) is 15.8. The normalized spacial score (nSPS) is 12.7. The van der Waals surface area contributed by atoms with Crippen LogP contribution >= 0.6 is 15.9 Å². The highest BCUT2D eigenvalue weighted by Crippen LogP contribution is 2.13. The zero-order chi connectivity index (χ0) is 17.1. The summed E-state index contributed by atoms with van der Waals surface area (Å²) in [4.78, 5) is 0. The van der Waals surface area contributed by atoms with Crippen LogP contribution in [-0.2, 0) is 0 Å². The molecule has 0 nitrogen and oxygen atoms in total. The molecule has 0 aliphatic rings. The Morgan fingerprint density at radius 3 is 2.13 bits per heavy atom. The molecule has 0 aliphatic heterocycles. The third-order valence-corrected chi connectivity index (χ3v) is 4.19. The van der Waals surface area contributed by atoms with Crippen LogP contribution in [0, 0.1) is 0 Å². The summed E-state index contributed by atoms with van der Waals surface area (Å²) in [6.45, 7) is 8.77. The maximum absolute atomic E-state index is 3.45.